The maximum absolute atomic E-state index is 12.7. The molecule has 7 heteroatoms. The zero-order chi connectivity index (χ0) is 16.8. The lowest BCUT2D eigenvalue weighted by Crippen LogP contribution is -2.43. The first-order valence-corrected chi connectivity index (χ1v) is 8.06. The number of rotatable bonds is 5. The fourth-order valence-electron chi connectivity index (χ4n) is 1.63. The molecule has 0 aliphatic rings. The second kappa shape index (κ2) is 7.76. The van der Waals surface area contributed by atoms with Gasteiger partial charge in [0.25, 0.3) is 0 Å². The molecule has 0 radical (unpaired) electrons. The van der Waals surface area contributed by atoms with Crippen molar-refractivity contribution in [1.29, 1.82) is 0 Å². The van der Waals surface area contributed by atoms with Crippen LogP contribution in [0, 0.1) is 0 Å². The van der Waals surface area contributed by atoms with E-state index >= 15 is 0 Å². The second-order valence-corrected chi connectivity index (χ2v) is 6.95. The second-order valence-electron chi connectivity index (χ2n) is 5.44. The van der Waals surface area contributed by atoms with Crippen molar-refractivity contribution >= 4 is 17.7 Å². The molecule has 0 spiro atoms. The highest BCUT2D eigenvalue weighted by Crippen LogP contribution is 2.29. The van der Waals surface area contributed by atoms with Gasteiger partial charge in [-0.15, -0.1) is 0 Å². The number of alkyl halides is 3. The fraction of sp³-hybridized carbons (Fsp3) is 0.533. The molecule has 2 N–H and O–H groups in total. The lowest BCUT2D eigenvalue weighted by atomic mass is 10.1. The lowest BCUT2D eigenvalue weighted by molar-refractivity contribution is -0.137. The molecule has 1 aromatic rings. The van der Waals surface area contributed by atoms with Gasteiger partial charge in [0.15, 0.2) is 5.96 Å². The van der Waals surface area contributed by atoms with Gasteiger partial charge in [-0.2, -0.15) is 24.9 Å². The zero-order valence-corrected chi connectivity index (χ0v) is 14.0. The minimum Gasteiger partial charge on any atom is -0.355 e. The quantitative estimate of drug-likeness (QED) is 0.639. The molecule has 0 heterocycles. The number of guanidine groups is 1. The van der Waals surface area contributed by atoms with E-state index in [4.69, 9.17) is 0 Å². The summed E-state index contributed by atoms with van der Waals surface area (Å²) >= 11 is 1.73. The van der Waals surface area contributed by atoms with Gasteiger partial charge in [0, 0.05) is 24.9 Å². The molecule has 22 heavy (non-hydrogen) atoms. The van der Waals surface area contributed by atoms with Crippen LogP contribution in [0.5, 0.6) is 0 Å². The van der Waals surface area contributed by atoms with E-state index in [0.29, 0.717) is 18.1 Å². The van der Waals surface area contributed by atoms with Crippen LogP contribution in [-0.2, 0) is 12.7 Å². The van der Waals surface area contributed by atoms with Gasteiger partial charge in [-0.3, -0.25) is 4.99 Å². The molecule has 0 aliphatic carbocycles. The van der Waals surface area contributed by atoms with Crippen LogP contribution in [0.15, 0.2) is 29.3 Å². The van der Waals surface area contributed by atoms with Gasteiger partial charge in [-0.05, 0) is 37.8 Å². The van der Waals surface area contributed by atoms with Crippen molar-refractivity contribution in [2.75, 3.05) is 19.8 Å². The van der Waals surface area contributed by atoms with Crippen LogP contribution in [0.3, 0.4) is 0 Å². The van der Waals surface area contributed by atoms with E-state index in [1.54, 1.807) is 24.9 Å². The minimum atomic E-state index is -4.32. The number of nitrogens with one attached hydrogen (secondary N) is 2. The summed E-state index contributed by atoms with van der Waals surface area (Å²) in [6.45, 7) is 5.19. The van der Waals surface area contributed by atoms with Crippen LogP contribution in [0.2, 0.25) is 0 Å². The van der Waals surface area contributed by atoms with Crippen molar-refractivity contribution < 1.29 is 13.2 Å². The Labute approximate surface area is 133 Å². The third-order valence-corrected chi connectivity index (χ3v) is 4.42. The Hall–Kier alpha value is -1.37. The number of hydrogen-bond donors (Lipinski definition) is 2. The summed E-state index contributed by atoms with van der Waals surface area (Å²) in [5.74, 6) is 0.569. The Morgan fingerprint density at radius 3 is 2.45 bits per heavy atom. The number of halogens is 3. The number of aliphatic imine (C=N–C) groups is 1. The summed E-state index contributed by atoms with van der Waals surface area (Å²) in [5.41, 5.74) is -0.0832. The molecule has 0 unspecified atom stereocenters. The Morgan fingerprint density at radius 1 is 1.23 bits per heavy atom. The normalized spacial score (nSPS) is 13.1. The molecule has 0 saturated heterocycles. The number of thioether (sulfide) groups is 1. The predicted molar refractivity (Wildman–Crippen MR) is 87.2 cm³/mol. The first-order chi connectivity index (χ1) is 10.2. The van der Waals surface area contributed by atoms with Crippen LogP contribution in [0.1, 0.15) is 25.0 Å². The van der Waals surface area contributed by atoms with Crippen molar-refractivity contribution in [3.63, 3.8) is 0 Å². The highest BCUT2D eigenvalue weighted by Gasteiger charge is 2.30. The van der Waals surface area contributed by atoms with Gasteiger partial charge in [-0.1, -0.05) is 12.1 Å². The monoisotopic (exact) mass is 333 g/mol. The third-order valence-electron chi connectivity index (χ3n) is 3.17. The zero-order valence-electron chi connectivity index (χ0n) is 13.2. The van der Waals surface area contributed by atoms with E-state index in [1.165, 1.54) is 6.07 Å². The summed E-state index contributed by atoms with van der Waals surface area (Å²) in [5, 5.41) is 6.19. The van der Waals surface area contributed by atoms with Gasteiger partial charge < -0.3 is 10.6 Å². The van der Waals surface area contributed by atoms with Crippen LogP contribution in [0.4, 0.5) is 13.2 Å². The maximum Gasteiger partial charge on any atom is 0.416 e. The Balaban J connectivity index is 2.61. The molecule has 0 aromatic heterocycles. The van der Waals surface area contributed by atoms with E-state index in [9.17, 15) is 13.2 Å². The summed E-state index contributed by atoms with van der Waals surface area (Å²) in [4.78, 5) is 4.07. The molecule has 0 atom stereocenters. The van der Waals surface area contributed by atoms with E-state index in [-0.39, 0.29) is 11.3 Å². The summed E-state index contributed by atoms with van der Waals surface area (Å²) < 4.78 is 38.0. The smallest absolute Gasteiger partial charge is 0.355 e. The predicted octanol–water partition coefficient (Wildman–Crippen LogP) is 3.51. The largest absolute Gasteiger partial charge is 0.416 e. The minimum absolute atomic E-state index is 0.0494. The van der Waals surface area contributed by atoms with E-state index in [0.717, 1.165) is 12.1 Å². The van der Waals surface area contributed by atoms with E-state index < -0.39 is 11.7 Å². The average molecular weight is 333 g/mol. The van der Waals surface area contributed by atoms with Crippen LogP contribution >= 0.6 is 11.8 Å². The number of nitrogens with zero attached hydrogens (tertiary/aromatic N) is 1. The molecule has 1 aromatic carbocycles. The van der Waals surface area contributed by atoms with Gasteiger partial charge >= 0.3 is 6.18 Å². The number of hydrogen-bond acceptors (Lipinski definition) is 2. The Morgan fingerprint density at radius 2 is 1.91 bits per heavy atom. The van der Waals surface area contributed by atoms with E-state index in [2.05, 4.69) is 29.5 Å². The maximum atomic E-state index is 12.7. The van der Waals surface area contributed by atoms with Crippen LogP contribution < -0.4 is 10.6 Å². The Bertz CT molecular complexity index is 513. The molecular formula is C15H22F3N3S. The van der Waals surface area contributed by atoms with Gasteiger partial charge in [0.2, 0.25) is 0 Å². The number of benzene rings is 1. The highest BCUT2D eigenvalue weighted by molar-refractivity contribution is 7.99. The third kappa shape index (κ3) is 6.17. The van der Waals surface area contributed by atoms with Crippen molar-refractivity contribution in [3.05, 3.63) is 35.4 Å². The SMILES string of the molecule is CN=C(NCc1cccc(C(F)(F)F)c1)NCC(C)(C)SC. The topological polar surface area (TPSA) is 36.4 Å². The fourth-order valence-corrected chi connectivity index (χ4v) is 1.85. The molecule has 0 amide bonds. The molecular weight excluding hydrogens is 311 g/mol. The standard InChI is InChI=1S/C15H22F3N3S/c1-14(2,22-4)10-21-13(19-3)20-9-11-6-5-7-12(8-11)15(16,17)18/h5-8H,9-10H2,1-4H3,(H2,19,20,21). The van der Waals surface area contributed by atoms with Crippen molar-refractivity contribution in [2.24, 2.45) is 4.99 Å². The van der Waals surface area contributed by atoms with Crippen LogP contribution in [0.25, 0.3) is 0 Å². The molecule has 1 rings (SSSR count). The summed E-state index contributed by atoms with van der Waals surface area (Å²) in [6.07, 6.45) is -2.29. The Kier molecular flexibility index (Phi) is 6.59. The van der Waals surface area contributed by atoms with Crippen LogP contribution in [-0.4, -0.2) is 30.6 Å². The first-order valence-electron chi connectivity index (χ1n) is 6.84. The molecule has 0 saturated carbocycles. The molecule has 3 nitrogen and oxygen atoms in total. The average Bonchev–Trinajstić information content (AvgIpc) is 2.47. The van der Waals surface area contributed by atoms with Gasteiger partial charge in [0.05, 0.1) is 5.56 Å². The molecule has 0 fully saturated rings. The van der Waals surface area contributed by atoms with E-state index in [1.807, 2.05) is 6.26 Å². The lowest BCUT2D eigenvalue weighted by Gasteiger charge is -2.23. The molecule has 0 bridgehead atoms. The summed E-state index contributed by atoms with van der Waals surface area (Å²) in [7, 11) is 1.63. The molecule has 0 aliphatic heterocycles. The van der Waals surface area contributed by atoms with Crippen molar-refractivity contribution in [2.45, 2.75) is 31.3 Å². The summed E-state index contributed by atoms with van der Waals surface area (Å²) in [6, 6.07) is 5.28. The van der Waals surface area contributed by atoms with Gasteiger partial charge in [0.1, 0.15) is 0 Å². The van der Waals surface area contributed by atoms with Crippen molar-refractivity contribution in [1.82, 2.24) is 10.6 Å². The highest BCUT2D eigenvalue weighted by atomic mass is 32.2. The van der Waals surface area contributed by atoms with Crippen molar-refractivity contribution in [3.8, 4) is 0 Å². The molecule has 124 valence electrons. The van der Waals surface area contributed by atoms with Gasteiger partial charge in [-0.25, -0.2) is 0 Å². The first kappa shape index (κ1) is 18.7.